The number of nitrogens with zero attached hydrogens (tertiary/aromatic N) is 2. The maximum Gasteiger partial charge on any atom is 0.119 e. The molecule has 0 aliphatic rings. The predicted octanol–water partition coefficient (Wildman–Crippen LogP) is 3.95. The molecule has 0 aliphatic heterocycles. The van der Waals surface area contributed by atoms with E-state index in [-0.39, 0.29) is 6.10 Å². The highest BCUT2D eigenvalue weighted by atomic mass is 16.5. The van der Waals surface area contributed by atoms with Gasteiger partial charge < -0.3 is 10.1 Å². The number of nitrogens with one attached hydrogen (secondary N) is 1. The molecule has 1 aromatic heterocycles. The molecule has 0 fully saturated rings. The first kappa shape index (κ1) is 16.3. The quantitative estimate of drug-likeness (QED) is 0.716. The highest BCUT2D eigenvalue weighted by Crippen LogP contribution is 2.15. The van der Waals surface area contributed by atoms with Crippen LogP contribution in [0.1, 0.15) is 25.0 Å². The van der Waals surface area contributed by atoms with Crippen molar-refractivity contribution in [2.45, 2.75) is 33.0 Å². The topological polar surface area (TPSA) is 39.1 Å². The summed E-state index contributed by atoms with van der Waals surface area (Å²) in [6.45, 7) is 5.68. The third kappa shape index (κ3) is 4.24. The molecule has 0 atom stereocenters. The van der Waals surface area contributed by atoms with E-state index in [9.17, 15) is 0 Å². The second-order valence-corrected chi connectivity index (χ2v) is 5.99. The van der Waals surface area contributed by atoms with E-state index in [0.717, 1.165) is 24.5 Å². The van der Waals surface area contributed by atoms with Gasteiger partial charge in [-0.05, 0) is 49.2 Å². The summed E-state index contributed by atoms with van der Waals surface area (Å²) in [4.78, 5) is 0. The average Bonchev–Trinajstić information content (AvgIpc) is 3.11. The largest absolute Gasteiger partial charge is 0.491 e. The second-order valence-electron chi connectivity index (χ2n) is 5.99. The van der Waals surface area contributed by atoms with Gasteiger partial charge in [0, 0.05) is 25.5 Å². The van der Waals surface area contributed by atoms with Gasteiger partial charge in [-0.25, -0.2) is 4.68 Å². The summed E-state index contributed by atoms with van der Waals surface area (Å²) in [5, 5.41) is 7.82. The fourth-order valence-electron chi connectivity index (χ4n) is 2.59. The maximum atomic E-state index is 5.67. The fourth-order valence-corrected chi connectivity index (χ4v) is 2.59. The molecule has 0 bridgehead atoms. The van der Waals surface area contributed by atoms with E-state index in [1.54, 1.807) is 6.20 Å². The van der Waals surface area contributed by atoms with Gasteiger partial charge in [0.15, 0.2) is 0 Å². The molecule has 0 saturated heterocycles. The predicted molar refractivity (Wildman–Crippen MR) is 96.3 cm³/mol. The van der Waals surface area contributed by atoms with E-state index in [1.165, 1.54) is 11.1 Å². The van der Waals surface area contributed by atoms with Crippen LogP contribution in [-0.2, 0) is 13.1 Å². The van der Waals surface area contributed by atoms with Gasteiger partial charge >= 0.3 is 0 Å². The van der Waals surface area contributed by atoms with Crippen molar-refractivity contribution in [3.63, 3.8) is 0 Å². The summed E-state index contributed by atoms with van der Waals surface area (Å²) >= 11 is 0. The third-order valence-corrected chi connectivity index (χ3v) is 3.68. The van der Waals surface area contributed by atoms with Gasteiger partial charge in [-0.15, -0.1) is 0 Å². The van der Waals surface area contributed by atoms with Gasteiger partial charge in [0.05, 0.1) is 11.8 Å². The fraction of sp³-hybridized carbons (Fsp3) is 0.250. The molecule has 1 heterocycles. The van der Waals surface area contributed by atoms with Crippen LogP contribution in [0.15, 0.2) is 67.0 Å². The summed E-state index contributed by atoms with van der Waals surface area (Å²) in [5.41, 5.74) is 3.57. The lowest BCUT2D eigenvalue weighted by Crippen LogP contribution is -2.14. The van der Waals surface area contributed by atoms with Crippen LogP contribution in [0.25, 0.3) is 5.69 Å². The van der Waals surface area contributed by atoms with Crippen LogP contribution in [0, 0.1) is 0 Å². The first-order chi connectivity index (χ1) is 11.7. The van der Waals surface area contributed by atoms with Crippen molar-refractivity contribution in [1.29, 1.82) is 0 Å². The standard InChI is InChI=1S/C20H23N3O/c1-16(2)24-19-10-8-17(9-11-19)14-21-15-18-6-3-4-7-20(18)23-13-5-12-22-23/h3-13,16,21H,14-15H2,1-2H3. The van der Waals surface area contributed by atoms with E-state index >= 15 is 0 Å². The summed E-state index contributed by atoms with van der Waals surface area (Å²) in [7, 11) is 0. The number of benzene rings is 2. The number of hydrogen-bond donors (Lipinski definition) is 1. The van der Waals surface area contributed by atoms with E-state index in [1.807, 2.05) is 49.0 Å². The van der Waals surface area contributed by atoms with Gasteiger partial charge in [-0.3, -0.25) is 0 Å². The molecule has 124 valence electrons. The van der Waals surface area contributed by atoms with Crippen LogP contribution >= 0.6 is 0 Å². The molecule has 0 unspecified atom stereocenters. The number of ether oxygens (including phenoxy) is 1. The number of para-hydroxylation sites is 1. The molecular formula is C20H23N3O. The van der Waals surface area contributed by atoms with Crippen molar-refractivity contribution in [2.75, 3.05) is 0 Å². The Morgan fingerprint density at radius 1 is 1.00 bits per heavy atom. The minimum absolute atomic E-state index is 0.202. The molecule has 4 heteroatoms. The van der Waals surface area contributed by atoms with Crippen molar-refractivity contribution in [3.8, 4) is 11.4 Å². The minimum Gasteiger partial charge on any atom is -0.491 e. The summed E-state index contributed by atoms with van der Waals surface area (Å²) in [6.07, 6.45) is 3.96. The smallest absolute Gasteiger partial charge is 0.119 e. The Balaban J connectivity index is 1.59. The van der Waals surface area contributed by atoms with Crippen LogP contribution in [0.4, 0.5) is 0 Å². The second kappa shape index (κ2) is 7.79. The van der Waals surface area contributed by atoms with Crippen LogP contribution in [0.5, 0.6) is 5.75 Å². The first-order valence-electron chi connectivity index (χ1n) is 8.26. The SMILES string of the molecule is CC(C)Oc1ccc(CNCc2ccccc2-n2cccn2)cc1. The van der Waals surface area contributed by atoms with Crippen LogP contribution in [0.3, 0.4) is 0 Å². The summed E-state index contributed by atoms with van der Waals surface area (Å²) < 4.78 is 7.57. The van der Waals surface area contributed by atoms with Crippen molar-refractivity contribution >= 4 is 0 Å². The Labute approximate surface area is 143 Å². The van der Waals surface area contributed by atoms with Gasteiger partial charge in [-0.2, -0.15) is 5.10 Å². The van der Waals surface area contributed by atoms with Crippen molar-refractivity contribution in [1.82, 2.24) is 15.1 Å². The molecule has 3 rings (SSSR count). The van der Waals surface area contributed by atoms with Gasteiger partial charge in [0.2, 0.25) is 0 Å². The van der Waals surface area contributed by atoms with E-state index in [4.69, 9.17) is 4.74 Å². The average molecular weight is 321 g/mol. The number of aromatic nitrogens is 2. The van der Waals surface area contributed by atoms with Gasteiger partial charge in [-0.1, -0.05) is 30.3 Å². The third-order valence-electron chi connectivity index (χ3n) is 3.68. The molecule has 4 nitrogen and oxygen atoms in total. The van der Waals surface area contributed by atoms with E-state index in [0.29, 0.717) is 0 Å². The Morgan fingerprint density at radius 2 is 1.79 bits per heavy atom. The number of hydrogen-bond acceptors (Lipinski definition) is 3. The lowest BCUT2D eigenvalue weighted by atomic mass is 10.1. The number of rotatable bonds is 7. The minimum atomic E-state index is 0.202. The first-order valence-corrected chi connectivity index (χ1v) is 8.26. The molecule has 24 heavy (non-hydrogen) atoms. The Kier molecular flexibility index (Phi) is 5.29. The Morgan fingerprint density at radius 3 is 2.50 bits per heavy atom. The summed E-state index contributed by atoms with van der Waals surface area (Å²) in [5.74, 6) is 0.915. The lowest BCUT2D eigenvalue weighted by molar-refractivity contribution is 0.242. The van der Waals surface area contributed by atoms with Gasteiger partial charge in [0.25, 0.3) is 0 Å². The zero-order valence-corrected chi connectivity index (χ0v) is 14.1. The van der Waals surface area contributed by atoms with Gasteiger partial charge in [0.1, 0.15) is 5.75 Å². The maximum absolute atomic E-state index is 5.67. The molecule has 0 radical (unpaired) electrons. The zero-order chi connectivity index (χ0) is 16.8. The highest BCUT2D eigenvalue weighted by molar-refractivity contribution is 5.40. The normalized spacial score (nSPS) is 11.0. The van der Waals surface area contributed by atoms with E-state index in [2.05, 4.69) is 40.7 Å². The molecule has 2 aromatic carbocycles. The van der Waals surface area contributed by atoms with Crippen LogP contribution in [-0.4, -0.2) is 15.9 Å². The lowest BCUT2D eigenvalue weighted by Gasteiger charge is -2.12. The van der Waals surface area contributed by atoms with Crippen molar-refractivity contribution in [3.05, 3.63) is 78.1 Å². The molecule has 3 aromatic rings. The molecule has 0 amide bonds. The van der Waals surface area contributed by atoms with E-state index < -0.39 is 0 Å². The molecular weight excluding hydrogens is 298 g/mol. The highest BCUT2D eigenvalue weighted by Gasteiger charge is 2.04. The zero-order valence-electron chi connectivity index (χ0n) is 14.1. The Bertz CT molecular complexity index is 749. The molecule has 1 N–H and O–H groups in total. The van der Waals surface area contributed by atoms with Crippen molar-refractivity contribution in [2.24, 2.45) is 0 Å². The molecule has 0 saturated carbocycles. The van der Waals surface area contributed by atoms with Crippen LogP contribution in [0.2, 0.25) is 0 Å². The van der Waals surface area contributed by atoms with Crippen molar-refractivity contribution < 1.29 is 4.74 Å². The molecule has 0 spiro atoms. The summed E-state index contributed by atoms with van der Waals surface area (Å²) in [6, 6.07) is 18.5. The monoisotopic (exact) mass is 321 g/mol. The van der Waals surface area contributed by atoms with Crippen LogP contribution < -0.4 is 10.1 Å². The Hall–Kier alpha value is -2.59. The molecule has 0 aliphatic carbocycles.